The molecular weight excluding hydrogens is 362 g/mol. The van der Waals surface area contributed by atoms with Gasteiger partial charge in [-0.15, -0.1) is 0 Å². The number of fused-ring (bicyclic) bond motifs is 1. The highest BCUT2D eigenvalue weighted by molar-refractivity contribution is 5.81. The van der Waals surface area contributed by atoms with Crippen LogP contribution in [-0.4, -0.2) is 66.5 Å². The molecule has 0 radical (unpaired) electrons. The normalized spacial score (nSPS) is 18.9. The lowest BCUT2D eigenvalue weighted by Crippen LogP contribution is -2.54. The number of nitrogens with zero attached hydrogens (tertiary/aromatic N) is 3. The van der Waals surface area contributed by atoms with Gasteiger partial charge >= 0.3 is 0 Å². The standard InChI is InChI=1S/C24H31N3O2/c1-19(24(28)27-12-11-21-5-3-4-6-22(21)18-27)26-15-13-25(14-16-26)17-20-7-9-23(29-2)10-8-20/h3-10,19H,11-18H2,1-2H3/t19-/m0/s1. The maximum Gasteiger partial charge on any atom is 0.239 e. The fourth-order valence-corrected chi connectivity index (χ4v) is 4.40. The van der Waals surface area contributed by atoms with Gasteiger partial charge in [0.05, 0.1) is 13.2 Å². The van der Waals surface area contributed by atoms with Crippen molar-refractivity contribution in [2.24, 2.45) is 0 Å². The number of rotatable bonds is 5. The minimum Gasteiger partial charge on any atom is -0.497 e. The van der Waals surface area contributed by atoms with Gasteiger partial charge in [0, 0.05) is 45.8 Å². The van der Waals surface area contributed by atoms with Crippen LogP contribution in [0, 0.1) is 0 Å². The third-order valence-electron chi connectivity index (χ3n) is 6.32. The number of carbonyl (C=O) groups is 1. The van der Waals surface area contributed by atoms with Gasteiger partial charge in [0.2, 0.25) is 5.91 Å². The van der Waals surface area contributed by atoms with Gasteiger partial charge in [0.1, 0.15) is 5.75 Å². The highest BCUT2D eigenvalue weighted by atomic mass is 16.5. The Balaban J connectivity index is 1.28. The molecule has 0 aliphatic carbocycles. The third-order valence-corrected chi connectivity index (χ3v) is 6.32. The first-order chi connectivity index (χ1) is 14.1. The van der Waals surface area contributed by atoms with Crippen LogP contribution in [-0.2, 0) is 24.3 Å². The van der Waals surface area contributed by atoms with Gasteiger partial charge in [-0.25, -0.2) is 0 Å². The van der Waals surface area contributed by atoms with Crippen molar-refractivity contribution in [3.63, 3.8) is 0 Å². The summed E-state index contributed by atoms with van der Waals surface area (Å²) < 4.78 is 5.24. The molecule has 2 aliphatic heterocycles. The molecule has 2 heterocycles. The van der Waals surface area contributed by atoms with Crippen LogP contribution in [0.15, 0.2) is 48.5 Å². The summed E-state index contributed by atoms with van der Waals surface area (Å²) in [5, 5.41) is 0. The number of hydrogen-bond donors (Lipinski definition) is 0. The van der Waals surface area contributed by atoms with Crippen LogP contribution < -0.4 is 4.74 Å². The van der Waals surface area contributed by atoms with E-state index in [2.05, 4.69) is 53.1 Å². The zero-order valence-electron chi connectivity index (χ0n) is 17.5. The SMILES string of the molecule is COc1ccc(CN2CCN([C@@H](C)C(=O)N3CCc4ccccc4C3)CC2)cc1. The van der Waals surface area contributed by atoms with Crippen molar-refractivity contribution in [2.45, 2.75) is 32.5 Å². The predicted molar refractivity (Wildman–Crippen MR) is 115 cm³/mol. The zero-order chi connectivity index (χ0) is 20.2. The molecule has 5 nitrogen and oxygen atoms in total. The molecule has 0 unspecified atom stereocenters. The molecule has 2 aromatic rings. The van der Waals surface area contributed by atoms with E-state index in [1.807, 2.05) is 17.0 Å². The van der Waals surface area contributed by atoms with Gasteiger partial charge in [-0.05, 0) is 42.2 Å². The molecule has 1 amide bonds. The van der Waals surface area contributed by atoms with E-state index in [4.69, 9.17) is 4.74 Å². The topological polar surface area (TPSA) is 36.0 Å². The van der Waals surface area contributed by atoms with Crippen LogP contribution in [0.5, 0.6) is 5.75 Å². The van der Waals surface area contributed by atoms with Gasteiger partial charge < -0.3 is 9.64 Å². The highest BCUT2D eigenvalue weighted by Gasteiger charge is 2.30. The van der Waals surface area contributed by atoms with E-state index in [9.17, 15) is 4.79 Å². The summed E-state index contributed by atoms with van der Waals surface area (Å²) in [5.41, 5.74) is 3.98. The first-order valence-electron chi connectivity index (χ1n) is 10.6. The number of piperazine rings is 1. The number of benzene rings is 2. The molecule has 2 aliphatic rings. The molecule has 0 spiro atoms. The Morgan fingerprint density at radius 3 is 2.34 bits per heavy atom. The first-order valence-corrected chi connectivity index (χ1v) is 10.6. The smallest absolute Gasteiger partial charge is 0.239 e. The van der Waals surface area contributed by atoms with Crippen LogP contribution >= 0.6 is 0 Å². The van der Waals surface area contributed by atoms with Gasteiger partial charge in [0.25, 0.3) is 0 Å². The lowest BCUT2D eigenvalue weighted by molar-refractivity contribution is -0.138. The maximum atomic E-state index is 13.1. The van der Waals surface area contributed by atoms with Crippen molar-refractivity contribution < 1.29 is 9.53 Å². The average molecular weight is 394 g/mol. The monoisotopic (exact) mass is 393 g/mol. The summed E-state index contributed by atoms with van der Waals surface area (Å²) in [4.78, 5) is 19.9. The number of hydrogen-bond acceptors (Lipinski definition) is 4. The van der Waals surface area contributed by atoms with Gasteiger partial charge in [0.15, 0.2) is 0 Å². The molecule has 5 heteroatoms. The molecule has 1 fully saturated rings. The van der Waals surface area contributed by atoms with E-state index < -0.39 is 0 Å². The van der Waals surface area contributed by atoms with Gasteiger partial charge in [-0.2, -0.15) is 0 Å². The van der Waals surface area contributed by atoms with Crippen LogP contribution in [0.3, 0.4) is 0 Å². The van der Waals surface area contributed by atoms with Crippen LogP contribution in [0.1, 0.15) is 23.6 Å². The Bertz CT molecular complexity index is 828. The van der Waals surface area contributed by atoms with Crippen LogP contribution in [0.25, 0.3) is 0 Å². The lowest BCUT2D eigenvalue weighted by Gasteiger charge is -2.40. The summed E-state index contributed by atoms with van der Waals surface area (Å²) in [6.07, 6.45) is 0.963. The maximum absolute atomic E-state index is 13.1. The molecule has 0 N–H and O–H groups in total. The number of amides is 1. The second-order valence-electron chi connectivity index (χ2n) is 8.11. The Morgan fingerprint density at radius 2 is 1.66 bits per heavy atom. The molecule has 0 saturated carbocycles. The van der Waals surface area contributed by atoms with Crippen molar-refractivity contribution in [1.29, 1.82) is 0 Å². The largest absolute Gasteiger partial charge is 0.497 e. The quantitative estimate of drug-likeness (QED) is 0.783. The van der Waals surface area contributed by atoms with Gasteiger partial charge in [-0.3, -0.25) is 14.6 Å². The molecule has 154 valence electrons. The summed E-state index contributed by atoms with van der Waals surface area (Å²) in [6, 6.07) is 16.7. The number of carbonyl (C=O) groups excluding carboxylic acids is 1. The summed E-state index contributed by atoms with van der Waals surface area (Å²) in [6.45, 7) is 8.46. The molecule has 29 heavy (non-hydrogen) atoms. The van der Waals surface area contributed by atoms with Crippen LogP contribution in [0.2, 0.25) is 0 Å². The molecule has 2 aromatic carbocycles. The van der Waals surface area contributed by atoms with Crippen molar-refractivity contribution in [1.82, 2.24) is 14.7 Å². The van der Waals surface area contributed by atoms with Crippen LogP contribution in [0.4, 0.5) is 0 Å². The minimum atomic E-state index is -0.0524. The molecule has 0 bridgehead atoms. The number of methoxy groups -OCH3 is 1. The minimum absolute atomic E-state index is 0.0524. The van der Waals surface area contributed by atoms with E-state index >= 15 is 0 Å². The Morgan fingerprint density at radius 1 is 0.966 bits per heavy atom. The van der Waals surface area contributed by atoms with E-state index in [-0.39, 0.29) is 11.9 Å². The Hall–Kier alpha value is -2.37. The first kappa shape index (κ1) is 19.9. The second-order valence-corrected chi connectivity index (χ2v) is 8.11. The summed E-state index contributed by atoms with van der Waals surface area (Å²) >= 11 is 0. The van der Waals surface area contributed by atoms with E-state index in [0.717, 1.165) is 58.0 Å². The van der Waals surface area contributed by atoms with Crippen molar-refractivity contribution in [3.05, 3.63) is 65.2 Å². The molecule has 1 saturated heterocycles. The second kappa shape index (κ2) is 8.97. The molecule has 0 aromatic heterocycles. The lowest BCUT2D eigenvalue weighted by atomic mass is 9.99. The van der Waals surface area contributed by atoms with Crippen molar-refractivity contribution in [3.8, 4) is 5.75 Å². The summed E-state index contributed by atoms with van der Waals surface area (Å²) in [5.74, 6) is 1.16. The zero-order valence-corrected chi connectivity index (χ0v) is 17.5. The fraction of sp³-hybridized carbons (Fsp3) is 0.458. The fourth-order valence-electron chi connectivity index (χ4n) is 4.40. The van der Waals surface area contributed by atoms with Crippen molar-refractivity contribution in [2.75, 3.05) is 39.8 Å². The predicted octanol–water partition coefficient (Wildman–Crippen LogP) is 2.79. The summed E-state index contributed by atoms with van der Waals surface area (Å²) in [7, 11) is 1.69. The van der Waals surface area contributed by atoms with E-state index in [0.29, 0.717) is 0 Å². The average Bonchev–Trinajstić information content (AvgIpc) is 2.79. The molecule has 1 atom stereocenters. The van der Waals surface area contributed by atoms with Crippen molar-refractivity contribution >= 4 is 5.91 Å². The molecule has 4 rings (SSSR count). The Kier molecular flexibility index (Phi) is 6.16. The van der Waals surface area contributed by atoms with E-state index in [1.165, 1.54) is 16.7 Å². The van der Waals surface area contributed by atoms with Gasteiger partial charge in [-0.1, -0.05) is 36.4 Å². The molecular formula is C24H31N3O2. The highest BCUT2D eigenvalue weighted by Crippen LogP contribution is 2.21. The number of ether oxygens (including phenoxy) is 1. The van der Waals surface area contributed by atoms with E-state index in [1.54, 1.807) is 7.11 Å². The third kappa shape index (κ3) is 4.62. The Labute approximate surface area is 173 Å².